The highest BCUT2D eigenvalue weighted by Gasteiger charge is 2.14. The van der Waals surface area contributed by atoms with Crippen LogP contribution in [0, 0.1) is 0 Å². The van der Waals surface area contributed by atoms with Crippen molar-refractivity contribution in [3.8, 4) is 0 Å². The van der Waals surface area contributed by atoms with E-state index in [9.17, 15) is 13.2 Å². The smallest absolute Gasteiger partial charge is 0.330 e. The number of halogens is 2. The van der Waals surface area contributed by atoms with Crippen LogP contribution < -0.4 is 0 Å². The molecule has 1 aromatic carbocycles. The SMILES string of the molecule is CCOC(=O)/C=C/C=C/S(=O)(=O)c1ccc(Cl)cc1Cl. The summed E-state index contributed by atoms with van der Waals surface area (Å²) in [6.45, 7) is 1.93. The normalized spacial score (nSPS) is 12.2. The predicted octanol–water partition coefficient (Wildman–Crippen LogP) is 3.40. The van der Waals surface area contributed by atoms with Crippen molar-refractivity contribution in [2.24, 2.45) is 0 Å². The van der Waals surface area contributed by atoms with Gasteiger partial charge in [0, 0.05) is 16.5 Å². The first-order valence-corrected chi connectivity index (χ1v) is 7.88. The van der Waals surface area contributed by atoms with Crippen LogP contribution in [0.4, 0.5) is 0 Å². The summed E-state index contributed by atoms with van der Waals surface area (Å²) in [5, 5.41) is 1.33. The molecule has 0 atom stereocenters. The maximum atomic E-state index is 12.0. The van der Waals surface area contributed by atoms with Gasteiger partial charge in [-0.1, -0.05) is 35.4 Å². The summed E-state index contributed by atoms with van der Waals surface area (Å²) in [6.07, 6.45) is 3.62. The third-order valence-corrected chi connectivity index (χ3v) is 4.23. The lowest BCUT2D eigenvalue weighted by atomic mass is 10.4. The fourth-order valence-corrected chi connectivity index (χ4v) is 3.02. The van der Waals surface area contributed by atoms with Crippen LogP contribution in [0.1, 0.15) is 6.92 Å². The Balaban J connectivity index is 2.87. The van der Waals surface area contributed by atoms with E-state index in [-0.39, 0.29) is 16.5 Å². The Labute approximate surface area is 127 Å². The van der Waals surface area contributed by atoms with Gasteiger partial charge in [-0.2, -0.15) is 0 Å². The lowest BCUT2D eigenvalue weighted by molar-refractivity contribution is -0.137. The summed E-state index contributed by atoms with van der Waals surface area (Å²) in [7, 11) is -3.69. The molecule has 0 aliphatic rings. The maximum Gasteiger partial charge on any atom is 0.330 e. The van der Waals surface area contributed by atoms with Crippen molar-refractivity contribution < 1.29 is 17.9 Å². The van der Waals surface area contributed by atoms with Crippen LogP contribution in [0.3, 0.4) is 0 Å². The van der Waals surface area contributed by atoms with Crippen molar-refractivity contribution in [3.63, 3.8) is 0 Å². The molecule has 4 nitrogen and oxygen atoms in total. The van der Waals surface area contributed by atoms with E-state index in [1.807, 2.05) is 0 Å². The summed E-state index contributed by atoms with van der Waals surface area (Å²) in [6, 6.07) is 4.10. The molecule has 108 valence electrons. The predicted molar refractivity (Wildman–Crippen MR) is 78.6 cm³/mol. The van der Waals surface area contributed by atoms with Gasteiger partial charge in [-0.3, -0.25) is 0 Å². The second kappa shape index (κ2) is 7.47. The molecule has 7 heteroatoms. The molecular formula is C13H12Cl2O4S. The molecule has 0 saturated carbocycles. The zero-order valence-corrected chi connectivity index (χ0v) is 12.9. The van der Waals surface area contributed by atoms with Gasteiger partial charge >= 0.3 is 5.97 Å². The molecule has 0 saturated heterocycles. The topological polar surface area (TPSA) is 60.4 Å². The van der Waals surface area contributed by atoms with Crippen LogP contribution in [0.5, 0.6) is 0 Å². The third-order valence-electron chi connectivity index (χ3n) is 2.09. The van der Waals surface area contributed by atoms with E-state index in [1.165, 1.54) is 30.4 Å². The van der Waals surface area contributed by atoms with Crippen molar-refractivity contribution in [2.45, 2.75) is 11.8 Å². The highest BCUT2D eigenvalue weighted by atomic mass is 35.5. The molecule has 0 amide bonds. The number of esters is 1. The van der Waals surface area contributed by atoms with Crippen LogP contribution >= 0.6 is 23.2 Å². The Morgan fingerprint density at radius 3 is 2.60 bits per heavy atom. The highest BCUT2D eigenvalue weighted by Crippen LogP contribution is 2.26. The molecular weight excluding hydrogens is 323 g/mol. The van der Waals surface area contributed by atoms with E-state index in [2.05, 4.69) is 4.74 Å². The number of ether oxygens (including phenoxy) is 1. The Morgan fingerprint density at radius 1 is 1.30 bits per heavy atom. The molecule has 0 radical (unpaired) electrons. The Kier molecular flexibility index (Phi) is 6.26. The number of allylic oxidation sites excluding steroid dienone is 2. The quantitative estimate of drug-likeness (QED) is 0.470. The van der Waals surface area contributed by atoms with Crippen LogP contribution in [0.25, 0.3) is 0 Å². The molecule has 1 rings (SSSR count). The average molecular weight is 335 g/mol. The third kappa shape index (κ3) is 5.00. The van der Waals surface area contributed by atoms with Gasteiger partial charge in [0.05, 0.1) is 16.5 Å². The van der Waals surface area contributed by atoms with E-state index in [0.717, 1.165) is 11.5 Å². The van der Waals surface area contributed by atoms with Gasteiger partial charge in [0.25, 0.3) is 0 Å². The summed E-state index contributed by atoms with van der Waals surface area (Å²) in [5.41, 5.74) is 0. The van der Waals surface area contributed by atoms with Gasteiger partial charge < -0.3 is 4.74 Å². The number of sulfone groups is 1. The van der Waals surface area contributed by atoms with E-state index in [1.54, 1.807) is 6.92 Å². The second-order valence-corrected chi connectivity index (χ2v) is 6.21. The van der Waals surface area contributed by atoms with Crippen molar-refractivity contribution in [1.29, 1.82) is 0 Å². The van der Waals surface area contributed by atoms with E-state index >= 15 is 0 Å². The van der Waals surface area contributed by atoms with Crippen LogP contribution in [0.15, 0.2) is 46.7 Å². The van der Waals surface area contributed by atoms with Gasteiger partial charge in [-0.05, 0) is 25.1 Å². The Morgan fingerprint density at radius 2 is 2.00 bits per heavy atom. The first kappa shape index (κ1) is 16.8. The summed E-state index contributed by atoms with van der Waals surface area (Å²) >= 11 is 11.5. The van der Waals surface area contributed by atoms with Crippen LogP contribution in [-0.2, 0) is 19.4 Å². The van der Waals surface area contributed by atoms with Gasteiger partial charge in [-0.15, -0.1) is 0 Å². The lowest BCUT2D eigenvalue weighted by Gasteiger charge is -2.02. The van der Waals surface area contributed by atoms with Crippen molar-refractivity contribution in [1.82, 2.24) is 0 Å². The zero-order valence-electron chi connectivity index (χ0n) is 10.5. The van der Waals surface area contributed by atoms with Crippen molar-refractivity contribution >= 4 is 39.0 Å². The number of benzene rings is 1. The molecule has 20 heavy (non-hydrogen) atoms. The fourth-order valence-electron chi connectivity index (χ4n) is 1.25. The first-order chi connectivity index (χ1) is 9.36. The number of hydrogen-bond acceptors (Lipinski definition) is 4. The minimum absolute atomic E-state index is 0.0384. The van der Waals surface area contributed by atoms with E-state index in [4.69, 9.17) is 23.2 Å². The molecule has 0 heterocycles. The van der Waals surface area contributed by atoms with Gasteiger partial charge in [0.2, 0.25) is 9.84 Å². The molecule has 0 unspecified atom stereocenters. The molecule has 0 aromatic heterocycles. The number of carbonyl (C=O) groups excluding carboxylic acids is 1. The fraction of sp³-hybridized carbons (Fsp3) is 0.154. The maximum absolute atomic E-state index is 12.0. The van der Waals surface area contributed by atoms with Gasteiger partial charge in [0.1, 0.15) is 0 Å². The van der Waals surface area contributed by atoms with Crippen molar-refractivity contribution in [2.75, 3.05) is 6.61 Å². The average Bonchev–Trinajstić information content (AvgIpc) is 2.34. The monoisotopic (exact) mass is 334 g/mol. The standard InChI is InChI=1S/C13H12Cl2O4S/c1-2-19-13(16)5-3-4-8-20(17,18)12-7-6-10(14)9-11(12)15/h3-9H,2H2,1H3/b5-3+,8-4+. The molecule has 0 bridgehead atoms. The Bertz CT molecular complexity index is 648. The van der Waals surface area contributed by atoms with Gasteiger partial charge in [-0.25, -0.2) is 13.2 Å². The summed E-state index contributed by atoms with van der Waals surface area (Å²) < 4.78 is 28.6. The van der Waals surface area contributed by atoms with E-state index in [0.29, 0.717) is 5.02 Å². The molecule has 0 fully saturated rings. The molecule has 0 spiro atoms. The molecule has 1 aromatic rings. The summed E-state index contributed by atoms with van der Waals surface area (Å²) in [4.78, 5) is 10.9. The van der Waals surface area contributed by atoms with Crippen LogP contribution in [0.2, 0.25) is 10.0 Å². The molecule has 0 aliphatic heterocycles. The lowest BCUT2D eigenvalue weighted by Crippen LogP contribution is -1.99. The number of rotatable bonds is 5. The molecule has 0 aliphatic carbocycles. The van der Waals surface area contributed by atoms with Gasteiger partial charge in [0.15, 0.2) is 0 Å². The molecule has 0 N–H and O–H groups in total. The largest absolute Gasteiger partial charge is 0.463 e. The highest BCUT2D eigenvalue weighted by molar-refractivity contribution is 7.94. The first-order valence-electron chi connectivity index (χ1n) is 5.58. The number of hydrogen-bond donors (Lipinski definition) is 0. The Hall–Kier alpha value is -1.30. The van der Waals surface area contributed by atoms with Crippen LogP contribution in [-0.4, -0.2) is 21.0 Å². The summed E-state index contributed by atoms with van der Waals surface area (Å²) in [5.74, 6) is -0.543. The minimum atomic E-state index is -3.69. The van der Waals surface area contributed by atoms with Crippen molar-refractivity contribution in [3.05, 3.63) is 51.9 Å². The minimum Gasteiger partial charge on any atom is -0.463 e. The number of carbonyl (C=O) groups is 1. The van der Waals surface area contributed by atoms with E-state index < -0.39 is 15.8 Å². The second-order valence-electron chi connectivity index (χ2n) is 3.56. The zero-order chi connectivity index (χ0) is 15.2.